The molecule has 2 aliphatic rings. The Balaban J connectivity index is 1.44. The Hall–Kier alpha value is -3.76. The van der Waals surface area contributed by atoms with Crippen LogP contribution in [0.3, 0.4) is 0 Å². The molecular weight excluding hydrogens is 560 g/mol. The zero-order valence-electron chi connectivity index (χ0n) is 22.8. The molecule has 0 bridgehead atoms. The molecule has 42 heavy (non-hydrogen) atoms. The maximum absolute atomic E-state index is 13.6. The number of fused-ring (bicyclic) bond motifs is 1. The van der Waals surface area contributed by atoms with Gasteiger partial charge >= 0.3 is 12.4 Å². The summed E-state index contributed by atoms with van der Waals surface area (Å²) in [4.78, 5) is 32.8. The minimum atomic E-state index is -5.07. The van der Waals surface area contributed by atoms with Gasteiger partial charge in [-0.3, -0.25) is 9.59 Å². The molecule has 0 spiro atoms. The van der Waals surface area contributed by atoms with E-state index in [-0.39, 0.29) is 38.0 Å². The first-order valence-corrected chi connectivity index (χ1v) is 14.0. The number of H-pyrrole nitrogens is 1. The minimum absolute atomic E-state index is 0.00938. The molecule has 1 N–H and O–H groups in total. The van der Waals surface area contributed by atoms with Crippen molar-refractivity contribution in [2.24, 2.45) is 5.92 Å². The van der Waals surface area contributed by atoms with E-state index in [0.717, 1.165) is 42.1 Å². The van der Waals surface area contributed by atoms with Crippen LogP contribution in [0.4, 0.5) is 26.3 Å². The second kappa shape index (κ2) is 11.9. The number of aromatic nitrogens is 1. The summed E-state index contributed by atoms with van der Waals surface area (Å²) in [5.74, 6) is -0.840. The van der Waals surface area contributed by atoms with Gasteiger partial charge in [0.05, 0.1) is 17.2 Å². The van der Waals surface area contributed by atoms with Crippen LogP contribution in [-0.2, 0) is 23.6 Å². The lowest BCUT2D eigenvalue weighted by Crippen LogP contribution is -2.57. The zero-order chi connectivity index (χ0) is 30.1. The SMILES string of the molecule is O=C(C=CC1CCCCC1)N1CCN(C(=O)c2cc(C(F)(F)F)cc(C(F)(F)F)c2)[C@H](Cc2c[nH]c3ccccc23)C1. The third-order valence-corrected chi connectivity index (χ3v) is 8.18. The largest absolute Gasteiger partial charge is 0.416 e. The van der Waals surface area contributed by atoms with Crippen molar-refractivity contribution in [2.45, 2.75) is 56.9 Å². The molecule has 224 valence electrons. The number of rotatable bonds is 5. The first-order chi connectivity index (χ1) is 19.9. The fourth-order valence-corrected chi connectivity index (χ4v) is 5.95. The molecule has 1 aliphatic heterocycles. The van der Waals surface area contributed by atoms with E-state index in [9.17, 15) is 35.9 Å². The molecule has 0 unspecified atom stereocenters. The summed E-state index contributed by atoms with van der Waals surface area (Å²) in [7, 11) is 0. The molecule has 3 aromatic rings. The normalized spacial score (nSPS) is 19.1. The molecule has 1 saturated heterocycles. The van der Waals surface area contributed by atoms with Crippen LogP contribution in [0.5, 0.6) is 0 Å². The van der Waals surface area contributed by atoms with E-state index >= 15 is 0 Å². The standard InChI is InChI=1S/C31H31F6N3O2/c32-30(33,34)23-14-21(15-24(17-23)31(35,36)37)29(42)40-13-12-39(28(41)11-10-20-6-2-1-3-7-20)19-25(40)16-22-18-38-27-9-5-4-8-26(22)27/h4-5,8-11,14-15,17-18,20,25,38H,1-3,6-7,12-13,16,19H2/t25-/m1/s1. The first kappa shape index (κ1) is 29.7. The number of allylic oxidation sites excluding steroid dienone is 1. The number of benzene rings is 2. The van der Waals surface area contributed by atoms with E-state index in [1.165, 1.54) is 11.3 Å². The number of hydrogen-bond acceptors (Lipinski definition) is 2. The van der Waals surface area contributed by atoms with E-state index in [2.05, 4.69) is 4.98 Å². The van der Waals surface area contributed by atoms with Gasteiger partial charge in [-0.1, -0.05) is 43.5 Å². The summed E-state index contributed by atoms with van der Waals surface area (Å²) in [6, 6.07) is 7.71. The lowest BCUT2D eigenvalue weighted by molar-refractivity contribution is -0.143. The van der Waals surface area contributed by atoms with Gasteiger partial charge in [0.1, 0.15) is 0 Å². The Morgan fingerprint density at radius 2 is 1.57 bits per heavy atom. The number of carbonyl (C=O) groups excluding carboxylic acids is 2. The molecule has 2 heterocycles. The van der Waals surface area contributed by atoms with Crippen LogP contribution >= 0.6 is 0 Å². The van der Waals surface area contributed by atoms with Crippen LogP contribution < -0.4 is 0 Å². The molecule has 11 heteroatoms. The smallest absolute Gasteiger partial charge is 0.361 e. The number of aromatic amines is 1. The molecule has 1 aromatic heterocycles. The topological polar surface area (TPSA) is 56.4 Å². The fraction of sp³-hybridized carbons (Fsp3) is 0.419. The van der Waals surface area contributed by atoms with Crippen LogP contribution in [0.2, 0.25) is 0 Å². The predicted octanol–water partition coefficient (Wildman–Crippen LogP) is 7.24. The average molecular weight is 592 g/mol. The number of carbonyl (C=O) groups is 2. The highest BCUT2D eigenvalue weighted by molar-refractivity contribution is 5.95. The van der Waals surface area contributed by atoms with Crippen molar-refractivity contribution in [3.05, 3.63) is 83.1 Å². The molecule has 2 aromatic carbocycles. The minimum Gasteiger partial charge on any atom is -0.361 e. The zero-order valence-corrected chi connectivity index (χ0v) is 22.8. The van der Waals surface area contributed by atoms with Crippen LogP contribution in [0.25, 0.3) is 10.9 Å². The van der Waals surface area contributed by atoms with Crippen molar-refractivity contribution in [3.8, 4) is 0 Å². The van der Waals surface area contributed by atoms with Gasteiger partial charge in [-0.25, -0.2) is 0 Å². The van der Waals surface area contributed by atoms with Gasteiger partial charge < -0.3 is 14.8 Å². The molecule has 1 aliphatic carbocycles. The fourth-order valence-electron chi connectivity index (χ4n) is 5.95. The monoisotopic (exact) mass is 591 g/mol. The van der Waals surface area contributed by atoms with Crippen molar-refractivity contribution < 1.29 is 35.9 Å². The van der Waals surface area contributed by atoms with E-state index in [4.69, 9.17) is 0 Å². The highest BCUT2D eigenvalue weighted by Gasteiger charge is 2.39. The van der Waals surface area contributed by atoms with E-state index < -0.39 is 41.0 Å². The van der Waals surface area contributed by atoms with Gasteiger partial charge in [-0.2, -0.15) is 26.3 Å². The Labute approximate surface area is 239 Å². The van der Waals surface area contributed by atoms with Crippen LogP contribution in [0.1, 0.15) is 59.2 Å². The van der Waals surface area contributed by atoms with Gasteiger partial charge in [-0.05, 0) is 61.1 Å². The average Bonchev–Trinajstić information content (AvgIpc) is 3.37. The number of nitrogens with zero attached hydrogens (tertiary/aromatic N) is 2. The molecular formula is C31H31F6N3O2. The molecule has 2 fully saturated rings. The maximum Gasteiger partial charge on any atom is 0.416 e. The summed E-state index contributed by atoms with van der Waals surface area (Å²) >= 11 is 0. The first-order valence-electron chi connectivity index (χ1n) is 14.0. The highest BCUT2D eigenvalue weighted by atomic mass is 19.4. The number of piperazine rings is 1. The van der Waals surface area contributed by atoms with Gasteiger partial charge in [0.2, 0.25) is 5.91 Å². The predicted molar refractivity (Wildman–Crippen MR) is 146 cm³/mol. The van der Waals surface area contributed by atoms with Gasteiger partial charge in [0.25, 0.3) is 5.91 Å². The van der Waals surface area contributed by atoms with E-state index in [0.29, 0.717) is 18.1 Å². The Morgan fingerprint density at radius 1 is 0.905 bits per heavy atom. The lowest BCUT2D eigenvalue weighted by atomic mass is 9.89. The summed E-state index contributed by atoms with van der Waals surface area (Å²) < 4.78 is 81.1. The Bertz CT molecular complexity index is 1440. The maximum atomic E-state index is 13.6. The summed E-state index contributed by atoms with van der Waals surface area (Å²) in [5.41, 5.74) is -2.12. The lowest BCUT2D eigenvalue weighted by Gasteiger charge is -2.41. The second-order valence-electron chi connectivity index (χ2n) is 11.1. The molecule has 0 radical (unpaired) electrons. The van der Waals surface area contributed by atoms with Crippen molar-refractivity contribution in [3.63, 3.8) is 0 Å². The Kier molecular flexibility index (Phi) is 8.39. The number of hydrogen-bond donors (Lipinski definition) is 1. The van der Waals surface area contributed by atoms with Crippen molar-refractivity contribution in [2.75, 3.05) is 19.6 Å². The van der Waals surface area contributed by atoms with Gasteiger partial charge in [-0.15, -0.1) is 0 Å². The van der Waals surface area contributed by atoms with Crippen LogP contribution in [0, 0.1) is 5.92 Å². The van der Waals surface area contributed by atoms with Crippen molar-refractivity contribution in [1.82, 2.24) is 14.8 Å². The van der Waals surface area contributed by atoms with Gasteiger partial charge in [0, 0.05) is 42.3 Å². The van der Waals surface area contributed by atoms with Crippen LogP contribution in [0.15, 0.2) is 60.8 Å². The third-order valence-electron chi connectivity index (χ3n) is 8.18. The molecule has 2 amide bonds. The summed E-state index contributed by atoms with van der Waals surface area (Å²) in [5, 5.41) is 0.879. The number of amides is 2. The molecule has 1 atom stereocenters. The van der Waals surface area contributed by atoms with E-state index in [1.807, 2.05) is 30.3 Å². The number of halogens is 6. The summed E-state index contributed by atoms with van der Waals surface area (Å²) in [6.07, 6.45) is 0.793. The number of nitrogens with one attached hydrogen (secondary N) is 1. The number of para-hydroxylation sites is 1. The highest BCUT2D eigenvalue weighted by Crippen LogP contribution is 2.37. The van der Waals surface area contributed by atoms with Crippen LogP contribution in [-0.4, -0.2) is 52.3 Å². The van der Waals surface area contributed by atoms with E-state index in [1.54, 1.807) is 17.2 Å². The second-order valence-corrected chi connectivity index (χ2v) is 11.1. The molecule has 5 rings (SSSR count). The quantitative estimate of drug-likeness (QED) is 0.251. The van der Waals surface area contributed by atoms with Gasteiger partial charge in [0.15, 0.2) is 0 Å². The Morgan fingerprint density at radius 3 is 2.24 bits per heavy atom. The number of alkyl halides is 6. The molecule has 5 nitrogen and oxygen atoms in total. The van der Waals surface area contributed by atoms with Crippen molar-refractivity contribution in [1.29, 1.82) is 0 Å². The van der Waals surface area contributed by atoms with Crippen molar-refractivity contribution >= 4 is 22.7 Å². The summed E-state index contributed by atoms with van der Waals surface area (Å²) in [6.45, 7) is 0.158. The molecule has 1 saturated carbocycles. The third kappa shape index (κ3) is 6.65.